The van der Waals surface area contributed by atoms with Crippen molar-refractivity contribution in [3.63, 3.8) is 0 Å². The number of hydrogen-bond acceptors (Lipinski definition) is 6. The van der Waals surface area contributed by atoms with Crippen LogP contribution in [0.5, 0.6) is 5.75 Å². The third kappa shape index (κ3) is 5.85. The maximum absolute atomic E-state index is 12.0. The van der Waals surface area contributed by atoms with Crippen LogP contribution in [0, 0.1) is 0 Å². The monoisotopic (exact) mass is 502 g/mol. The number of rotatable bonds is 6. The van der Waals surface area contributed by atoms with E-state index >= 15 is 0 Å². The number of hydrogen-bond donors (Lipinski definition) is 2. The molecular formula is C15H16Br2N6O2S. The number of tetrazole rings is 1. The molecule has 0 aliphatic heterocycles. The second-order valence-electron chi connectivity index (χ2n) is 5.00. The average molecular weight is 504 g/mol. The van der Waals surface area contributed by atoms with Gasteiger partial charge < -0.3 is 4.74 Å². The van der Waals surface area contributed by atoms with Crippen molar-refractivity contribution in [3.05, 3.63) is 32.7 Å². The Morgan fingerprint density at radius 2 is 2.19 bits per heavy atom. The van der Waals surface area contributed by atoms with Crippen molar-refractivity contribution >= 4 is 67.1 Å². The fraction of sp³-hybridized carbons (Fsp3) is 0.267. The minimum absolute atomic E-state index is 0.0816. The molecule has 1 amide bonds. The normalized spacial score (nSPS) is 10.8. The molecule has 0 aliphatic rings. The van der Waals surface area contributed by atoms with E-state index in [1.165, 1.54) is 10.9 Å². The van der Waals surface area contributed by atoms with Crippen LogP contribution < -0.4 is 15.4 Å². The van der Waals surface area contributed by atoms with Crippen LogP contribution in [0.1, 0.15) is 18.9 Å². The van der Waals surface area contributed by atoms with Gasteiger partial charge in [0, 0.05) is 16.1 Å². The molecule has 1 heterocycles. The first-order valence-corrected chi connectivity index (χ1v) is 9.53. The summed E-state index contributed by atoms with van der Waals surface area (Å²) in [5.41, 5.74) is 0.729. The molecule has 0 radical (unpaired) electrons. The summed E-state index contributed by atoms with van der Waals surface area (Å²) >= 11 is 11.9. The van der Waals surface area contributed by atoms with Gasteiger partial charge in [-0.25, -0.2) is 0 Å². The molecule has 138 valence electrons. The molecule has 2 N–H and O–H groups in total. The Morgan fingerprint density at radius 1 is 1.42 bits per heavy atom. The van der Waals surface area contributed by atoms with Gasteiger partial charge >= 0.3 is 0 Å². The maximum atomic E-state index is 12.0. The summed E-state index contributed by atoms with van der Waals surface area (Å²) < 4.78 is 6.95. The summed E-state index contributed by atoms with van der Waals surface area (Å²) in [7, 11) is 1.56. The SMILES string of the molecule is CCCn1nnc(NC(=S)NC(=O)C=Cc2cc(Br)cc(Br)c2OC)n1. The zero-order valence-corrected chi connectivity index (χ0v) is 18.0. The lowest BCUT2D eigenvalue weighted by Gasteiger charge is -2.08. The smallest absolute Gasteiger partial charge is 0.269 e. The van der Waals surface area contributed by atoms with E-state index in [2.05, 4.69) is 57.9 Å². The van der Waals surface area contributed by atoms with E-state index in [0.717, 1.165) is 20.9 Å². The van der Waals surface area contributed by atoms with Crippen molar-refractivity contribution in [1.29, 1.82) is 0 Å². The molecule has 0 atom stereocenters. The highest BCUT2D eigenvalue weighted by Gasteiger charge is 2.09. The number of carbonyl (C=O) groups excluding carboxylic acids is 1. The molecule has 0 unspecified atom stereocenters. The molecule has 2 aromatic rings. The van der Waals surface area contributed by atoms with Crippen LogP contribution in [0.4, 0.5) is 5.95 Å². The Morgan fingerprint density at radius 3 is 2.88 bits per heavy atom. The van der Waals surface area contributed by atoms with Crippen molar-refractivity contribution in [3.8, 4) is 5.75 Å². The number of anilines is 1. The van der Waals surface area contributed by atoms with Crippen LogP contribution >= 0.6 is 44.1 Å². The first-order chi connectivity index (χ1) is 12.4. The van der Waals surface area contributed by atoms with Crippen molar-refractivity contribution in [1.82, 2.24) is 25.5 Å². The van der Waals surface area contributed by atoms with Crippen LogP contribution in [0.25, 0.3) is 6.08 Å². The average Bonchev–Trinajstić information content (AvgIpc) is 2.99. The van der Waals surface area contributed by atoms with Gasteiger partial charge in [0.2, 0.25) is 5.91 Å². The first kappa shape index (κ1) is 20.5. The molecule has 2 rings (SSSR count). The topological polar surface area (TPSA) is 94.0 Å². The fourth-order valence-electron chi connectivity index (χ4n) is 1.96. The Bertz CT molecular complexity index is 840. The first-order valence-electron chi connectivity index (χ1n) is 7.53. The number of halogens is 2. The van der Waals surface area contributed by atoms with E-state index in [1.807, 2.05) is 19.1 Å². The van der Waals surface area contributed by atoms with Gasteiger partial charge in [0.1, 0.15) is 5.75 Å². The predicted molar refractivity (Wildman–Crippen MR) is 110 cm³/mol. The second kappa shape index (κ2) is 9.74. The maximum Gasteiger partial charge on any atom is 0.269 e. The Balaban J connectivity index is 1.97. The van der Waals surface area contributed by atoms with Gasteiger partial charge in [-0.3, -0.25) is 15.4 Å². The molecule has 26 heavy (non-hydrogen) atoms. The van der Waals surface area contributed by atoms with Gasteiger partial charge in [0.05, 0.1) is 18.1 Å². The van der Waals surface area contributed by atoms with E-state index in [1.54, 1.807) is 13.2 Å². The number of benzene rings is 1. The Kier molecular flexibility index (Phi) is 7.66. The van der Waals surface area contributed by atoms with Crippen LogP contribution in [0.15, 0.2) is 27.2 Å². The van der Waals surface area contributed by atoms with Crippen LogP contribution in [0.2, 0.25) is 0 Å². The van der Waals surface area contributed by atoms with E-state index in [4.69, 9.17) is 17.0 Å². The third-order valence-electron chi connectivity index (χ3n) is 2.99. The molecule has 0 bridgehead atoms. The van der Waals surface area contributed by atoms with Crippen molar-refractivity contribution in [2.75, 3.05) is 12.4 Å². The fourth-order valence-corrected chi connectivity index (χ4v) is 3.57. The van der Waals surface area contributed by atoms with Gasteiger partial charge in [-0.15, -0.1) is 5.10 Å². The summed E-state index contributed by atoms with van der Waals surface area (Å²) in [5, 5.41) is 17.1. The number of methoxy groups -OCH3 is 1. The molecular weight excluding hydrogens is 488 g/mol. The lowest BCUT2D eigenvalue weighted by molar-refractivity contribution is -0.115. The number of thiocarbonyl (C=S) groups is 1. The van der Waals surface area contributed by atoms with Crippen LogP contribution in [-0.2, 0) is 11.3 Å². The lowest BCUT2D eigenvalue weighted by atomic mass is 10.2. The highest BCUT2D eigenvalue weighted by Crippen LogP contribution is 2.33. The molecule has 11 heteroatoms. The molecule has 0 spiro atoms. The number of nitrogens with one attached hydrogen (secondary N) is 2. The number of aromatic nitrogens is 4. The van der Waals surface area contributed by atoms with Crippen molar-refractivity contribution < 1.29 is 9.53 Å². The van der Waals surface area contributed by atoms with Gasteiger partial charge in [-0.1, -0.05) is 28.0 Å². The number of carbonyl (C=O) groups is 1. The third-order valence-corrected chi connectivity index (χ3v) is 4.25. The van der Waals surface area contributed by atoms with E-state index in [-0.39, 0.29) is 11.1 Å². The highest BCUT2D eigenvalue weighted by atomic mass is 79.9. The molecule has 8 nitrogen and oxygen atoms in total. The van der Waals surface area contributed by atoms with Gasteiger partial charge in [0.25, 0.3) is 5.95 Å². The lowest BCUT2D eigenvalue weighted by Crippen LogP contribution is -2.33. The van der Waals surface area contributed by atoms with Gasteiger partial charge in [0.15, 0.2) is 5.11 Å². The van der Waals surface area contributed by atoms with E-state index < -0.39 is 5.91 Å². The Labute approximate surface area is 172 Å². The summed E-state index contributed by atoms with van der Waals surface area (Å²) in [5.74, 6) is 0.446. The van der Waals surface area contributed by atoms with Crippen LogP contribution in [0.3, 0.4) is 0 Å². The van der Waals surface area contributed by atoms with Gasteiger partial charge in [-0.05, 0) is 58.0 Å². The zero-order valence-electron chi connectivity index (χ0n) is 14.0. The molecule has 1 aromatic carbocycles. The number of nitrogens with zero attached hydrogens (tertiary/aromatic N) is 4. The Hall–Kier alpha value is -1.85. The molecule has 0 aliphatic carbocycles. The van der Waals surface area contributed by atoms with E-state index in [0.29, 0.717) is 12.3 Å². The van der Waals surface area contributed by atoms with E-state index in [9.17, 15) is 4.79 Å². The number of ether oxygens (including phenoxy) is 1. The quantitative estimate of drug-likeness (QED) is 0.462. The number of aryl methyl sites for hydroxylation is 1. The molecule has 1 aromatic heterocycles. The second-order valence-corrected chi connectivity index (χ2v) is 7.17. The summed E-state index contributed by atoms with van der Waals surface area (Å²) in [6.45, 7) is 2.66. The van der Waals surface area contributed by atoms with Crippen molar-refractivity contribution in [2.45, 2.75) is 19.9 Å². The minimum atomic E-state index is -0.401. The minimum Gasteiger partial charge on any atom is -0.495 e. The summed E-state index contributed by atoms with van der Waals surface area (Å²) in [4.78, 5) is 13.5. The zero-order chi connectivity index (χ0) is 19.1. The molecule has 0 saturated heterocycles. The van der Waals surface area contributed by atoms with Crippen molar-refractivity contribution in [2.24, 2.45) is 0 Å². The highest BCUT2D eigenvalue weighted by molar-refractivity contribution is 9.11. The largest absolute Gasteiger partial charge is 0.495 e. The molecule has 0 fully saturated rings. The van der Waals surface area contributed by atoms with Crippen LogP contribution in [-0.4, -0.2) is 38.3 Å². The van der Waals surface area contributed by atoms with Gasteiger partial charge in [-0.2, -0.15) is 4.80 Å². The predicted octanol–water partition coefficient (Wildman–Crippen LogP) is 3.14. The molecule has 0 saturated carbocycles. The standard InChI is InChI=1S/C15H16Br2N6O2S/c1-3-6-23-21-14(20-22-23)19-15(26)18-12(24)5-4-9-7-10(16)8-11(17)13(9)25-2/h4-5,7-8H,3,6H2,1-2H3,(H2,18,19,21,24,26). The summed E-state index contributed by atoms with van der Waals surface area (Å²) in [6.07, 6.45) is 3.87. The number of amides is 1. The summed E-state index contributed by atoms with van der Waals surface area (Å²) in [6, 6.07) is 3.69.